The Balaban J connectivity index is 1.84. The molecule has 1 amide bonds. The van der Waals surface area contributed by atoms with Gasteiger partial charge in [-0.15, -0.1) is 0 Å². The highest BCUT2D eigenvalue weighted by Gasteiger charge is 2.09. The van der Waals surface area contributed by atoms with Gasteiger partial charge in [0.25, 0.3) is 5.91 Å². The van der Waals surface area contributed by atoms with E-state index in [-0.39, 0.29) is 5.56 Å². The van der Waals surface area contributed by atoms with Crippen molar-refractivity contribution in [1.82, 2.24) is 15.3 Å². The zero-order valence-corrected chi connectivity index (χ0v) is 13.5. The summed E-state index contributed by atoms with van der Waals surface area (Å²) in [5.41, 5.74) is 0.0706. The molecule has 1 aromatic heterocycles. The summed E-state index contributed by atoms with van der Waals surface area (Å²) in [6.45, 7) is 5.24. The molecule has 8 heteroatoms. The van der Waals surface area contributed by atoms with Crippen molar-refractivity contribution >= 4 is 17.5 Å². The van der Waals surface area contributed by atoms with Crippen LogP contribution in [0.25, 0.3) is 0 Å². The van der Waals surface area contributed by atoms with E-state index in [2.05, 4.69) is 25.9 Å². The van der Waals surface area contributed by atoms with Gasteiger partial charge >= 0.3 is 0 Å². The molecule has 0 bridgehead atoms. The monoisotopic (exact) mass is 335 g/mol. The van der Waals surface area contributed by atoms with Gasteiger partial charge in [-0.2, -0.15) is 0 Å². The molecular formula is C16H19F2N5O. The Morgan fingerprint density at radius 2 is 1.75 bits per heavy atom. The second-order valence-corrected chi connectivity index (χ2v) is 5.03. The molecule has 0 aliphatic carbocycles. The van der Waals surface area contributed by atoms with E-state index >= 15 is 0 Å². The highest BCUT2D eigenvalue weighted by atomic mass is 19.2. The number of aromatic nitrogens is 2. The van der Waals surface area contributed by atoms with Crippen molar-refractivity contribution in [2.24, 2.45) is 0 Å². The van der Waals surface area contributed by atoms with Gasteiger partial charge in [0.2, 0.25) is 0 Å². The lowest BCUT2D eigenvalue weighted by Crippen LogP contribution is -2.29. The van der Waals surface area contributed by atoms with Gasteiger partial charge < -0.3 is 16.0 Å². The van der Waals surface area contributed by atoms with E-state index in [4.69, 9.17) is 0 Å². The van der Waals surface area contributed by atoms with Crippen molar-refractivity contribution in [3.63, 3.8) is 0 Å². The van der Waals surface area contributed by atoms with Crippen molar-refractivity contribution in [2.45, 2.75) is 13.8 Å². The number of aryl methyl sites for hydroxylation is 1. The molecule has 0 aliphatic rings. The van der Waals surface area contributed by atoms with E-state index in [1.807, 2.05) is 6.92 Å². The Morgan fingerprint density at radius 1 is 1.04 bits per heavy atom. The molecule has 2 aromatic rings. The number of amides is 1. The molecule has 0 spiro atoms. The number of benzene rings is 1. The van der Waals surface area contributed by atoms with Crippen molar-refractivity contribution < 1.29 is 13.6 Å². The van der Waals surface area contributed by atoms with Crippen LogP contribution in [0.3, 0.4) is 0 Å². The highest BCUT2D eigenvalue weighted by Crippen LogP contribution is 2.10. The van der Waals surface area contributed by atoms with Gasteiger partial charge in [-0.05, 0) is 32.0 Å². The average molecular weight is 335 g/mol. The summed E-state index contributed by atoms with van der Waals surface area (Å²) < 4.78 is 25.9. The number of rotatable bonds is 7. The summed E-state index contributed by atoms with van der Waals surface area (Å²) in [6.07, 6.45) is 0. The van der Waals surface area contributed by atoms with Gasteiger partial charge in [0.1, 0.15) is 17.5 Å². The fourth-order valence-electron chi connectivity index (χ4n) is 2.04. The topological polar surface area (TPSA) is 78.9 Å². The minimum Gasteiger partial charge on any atom is -0.370 e. The molecule has 0 saturated carbocycles. The van der Waals surface area contributed by atoms with E-state index in [9.17, 15) is 13.6 Å². The summed E-state index contributed by atoms with van der Waals surface area (Å²) in [5, 5.41) is 8.79. The molecule has 1 aromatic carbocycles. The first-order valence-corrected chi connectivity index (χ1v) is 7.56. The third kappa shape index (κ3) is 4.87. The van der Waals surface area contributed by atoms with E-state index in [1.165, 1.54) is 6.07 Å². The lowest BCUT2D eigenvalue weighted by molar-refractivity contribution is 0.0954. The van der Waals surface area contributed by atoms with Crippen LogP contribution in [0.2, 0.25) is 0 Å². The van der Waals surface area contributed by atoms with Crippen LogP contribution < -0.4 is 16.0 Å². The van der Waals surface area contributed by atoms with Crippen LogP contribution in [0.5, 0.6) is 0 Å². The maximum atomic E-state index is 13.1. The van der Waals surface area contributed by atoms with Crippen molar-refractivity contribution in [1.29, 1.82) is 0 Å². The smallest absolute Gasteiger partial charge is 0.251 e. The number of carbonyl (C=O) groups excluding carboxylic acids is 1. The number of hydrogen-bond donors (Lipinski definition) is 3. The molecule has 24 heavy (non-hydrogen) atoms. The average Bonchev–Trinajstić information content (AvgIpc) is 2.54. The number of anilines is 2. The number of carbonyl (C=O) groups is 1. The number of hydrogen-bond acceptors (Lipinski definition) is 5. The van der Waals surface area contributed by atoms with Gasteiger partial charge in [-0.25, -0.2) is 18.7 Å². The Labute approximate surface area is 138 Å². The number of nitrogens with zero attached hydrogens (tertiary/aromatic N) is 2. The van der Waals surface area contributed by atoms with Crippen LogP contribution in [-0.2, 0) is 0 Å². The fourth-order valence-corrected chi connectivity index (χ4v) is 2.04. The molecule has 0 fully saturated rings. The predicted octanol–water partition coefficient (Wildman–Crippen LogP) is 2.34. The quantitative estimate of drug-likeness (QED) is 0.677. The summed E-state index contributed by atoms with van der Waals surface area (Å²) >= 11 is 0. The van der Waals surface area contributed by atoms with Crippen LogP contribution in [0.4, 0.5) is 20.4 Å². The molecule has 0 radical (unpaired) electrons. The highest BCUT2D eigenvalue weighted by molar-refractivity contribution is 5.94. The Bertz CT molecular complexity index is 724. The molecule has 2 rings (SSSR count). The lowest BCUT2D eigenvalue weighted by Gasteiger charge is -2.10. The maximum Gasteiger partial charge on any atom is 0.251 e. The van der Waals surface area contributed by atoms with Gasteiger partial charge in [-0.3, -0.25) is 4.79 Å². The van der Waals surface area contributed by atoms with Crippen LogP contribution >= 0.6 is 0 Å². The summed E-state index contributed by atoms with van der Waals surface area (Å²) in [5.74, 6) is -0.513. The summed E-state index contributed by atoms with van der Waals surface area (Å²) in [4.78, 5) is 20.3. The van der Waals surface area contributed by atoms with Gasteiger partial charge in [0.15, 0.2) is 11.6 Å². The lowest BCUT2D eigenvalue weighted by atomic mass is 10.2. The first kappa shape index (κ1) is 17.6. The molecule has 6 nitrogen and oxygen atoms in total. The number of nitrogens with one attached hydrogen (secondary N) is 3. The predicted molar refractivity (Wildman–Crippen MR) is 88.1 cm³/mol. The van der Waals surface area contributed by atoms with Gasteiger partial charge in [0.05, 0.1) is 0 Å². The van der Waals surface area contributed by atoms with Gasteiger partial charge in [0, 0.05) is 31.3 Å². The summed E-state index contributed by atoms with van der Waals surface area (Å²) in [7, 11) is 0. The van der Waals surface area contributed by atoms with Gasteiger partial charge in [-0.1, -0.05) is 0 Å². The molecule has 0 saturated heterocycles. The van der Waals surface area contributed by atoms with Crippen molar-refractivity contribution in [3.8, 4) is 0 Å². The van der Waals surface area contributed by atoms with E-state index < -0.39 is 17.5 Å². The van der Waals surface area contributed by atoms with Crippen LogP contribution in [0.15, 0.2) is 24.3 Å². The third-order valence-corrected chi connectivity index (χ3v) is 3.09. The van der Waals surface area contributed by atoms with Crippen molar-refractivity contribution in [2.75, 3.05) is 30.3 Å². The normalized spacial score (nSPS) is 10.3. The van der Waals surface area contributed by atoms with E-state index in [0.29, 0.717) is 24.7 Å². The Hall–Kier alpha value is -2.77. The molecule has 0 aliphatic heterocycles. The molecule has 0 unspecified atom stereocenters. The zero-order valence-electron chi connectivity index (χ0n) is 13.5. The SMILES string of the molecule is CCNc1cc(NCCNC(=O)c2ccc(F)c(F)c2)nc(C)n1. The van der Waals surface area contributed by atoms with Crippen LogP contribution in [0, 0.1) is 18.6 Å². The second-order valence-electron chi connectivity index (χ2n) is 5.03. The number of halogens is 2. The zero-order chi connectivity index (χ0) is 17.5. The fraction of sp³-hybridized carbons (Fsp3) is 0.312. The van der Waals surface area contributed by atoms with E-state index in [1.54, 1.807) is 13.0 Å². The molecule has 3 N–H and O–H groups in total. The first-order chi connectivity index (χ1) is 11.5. The van der Waals surface area contributed by atoms with E-state index in [0.717, 1.165) is 24.5 Å². The molecular weight excluding hydrogens is 316 g/mol. The molecule has 0 atom stereocenters. The molecule has 1 heterocycles. The standard InChI is InChI=1S/C16H19F2N5O/c1-3-19-14-9-15(23-10(2)22-14)20-6-7-21-16(24)11-4-5-12(17)13(18)8-11/h4-5,8-9H,3,6-7H2,1-2H3,(H,21,24)(H2,19,20,22,23). The molecule has 128 valence electrons. The largest absolute Gasteiger partial charge is 0.370 e. The third-order valence-electron chi connectivity index (χ3n) is 3.09. The Morgan fingerprint density at radius 3 is 2.42 bits per heavy atom. The minimum atomic E-state index is -1.05. The first-order valence-electron chi connectivity index (χ1n) is 7.56. The minimum absolute atomic E-state index is 0.0706. The summed E-state index contributed by atoms with van der Waals surface area (Å²) in [6, 6.07) is 4.80. The van der Waals surface area contributed by atoms with Crippen molar-refractivity contribution in [3.05, 3.63) is 47.3 Å². The van der Waals surface area contributed by atoms with Crippen LogP contribution in [0.1, 0.15) is 23.1 Å². The Kier molecular flexibility index (Phi) is 6.00. The maximum absolute atomic E-state index is 13.1. The second kappa shape index (κ2) is 8.19. The van der Waals surface area contributed by atoms with Crippen LogP contribution in [-0.4, -0.2) is 35.5 Å².